The molecule has 0 saturated carbocycles. The van der Waals surface area contributed by atoms with Crippen LogP contribution in [-0.4, -0.2) is 29.9 Å². The number of carboxylic acids is 1. The van der Waals surface area contributed by atoms with Gasteiger partial charge in [-0.2, -0.15) is 0 Å². The van der Waals surface area contributed by atoms with Gasteiger partial charge < -0.3 is 14.8 Å². The van der Waals surface area contributed by atoms with Gasteiger partial charge in [0.2, 0.25) is 5.91 Å². The van der Waals surface area contributed by atoms with E-state index in [1.807, 2.05) is 0 Å². The molecule has 12 heavy (non-hydrogen) atoms. The summed E-state index contributed by atoms with van der Waals surface area (Å²) in [5, 5.41) is 10.2. The van der Waals surface area contributed by atoms with Crippen molar-refractivity contribution in [1.29, 1.82) is 0 Å². The third-order valence-electron chi connectivity index (χ3n) is 1.44. The fourth-order valence-corrected chi connectivity index (χ4v) is 0.493. The Balaban J connectivity index is 0. The Labute approximate surface area is 93.5 Å². The maximum Gasteiger partial charge on any atom is 1.00 e. The predicted octanol–water partition coefficient (Wildman–Crippen LogP) is -4.23. The van der Waals surface area contributed by atoms with Gasteiger partial charge in [-0.3, -0.25) is 4.79 Å². The minimum absolute atomic E-state index is 0. The first-order valence-electron chi connectivity index (χ1n) is 3.10. The van der Waals surface area contributed by atoms with Gasteiger partial charge in [-0.1, -0.05) is 6.58 Å². The summed E-state index contributed by atoms with van der Waals surface area (Å²) in [6.45, 7) is 4.59. The van der Waals surface area contributed by atoms with Gasteiger partial charge in [0, 0.05) is 7.05 Å². The van der Waals surface area contributed by atoms with Gasteiger partial charge in [-0.05, 0) is 13.0 Å². The van der Waals surface area contributed by atoms with E-state index in [0.717, 1.165) is 11.0 Å². The number of aliphatic carboxylic acids is 1. The Morgan fingerprint density at radius 1 is 1.58 bits per heavy atom. The quantitative estimate of drug-likeness (QED) is 0.326. The van der Waals surface area contributed by atoms with Gasteiger partial charge in [0.05, 0.1) is 12.0 Å². The minimum atomic E-state index is -1.28. The van der Waals surface area contributed by atoms with Crippen LogP contribution in [0.25, 0.3) is 0 Å². The van der Waals surface area contributed by atoms with Gasteiger partial charge in [0.15, 0.2) is 0 Å². The smallest absolute Gasteiger partial charge is 0.548 e. The van der Waals surface area contributed by atoms with Crippen LogP contribution in [0.1, 0.15) is 6.92 Å². The molecule has 5 heteroatoms. The van der Waals surface area contributed by atoms with Crippen LogP contribution in [0.15, 0.2) is 12.7 Å². The molecule has 1 amide bonds. The van der Waals surface area contributed by atoms with Crippen LogP contribution in [-0.2, 0) is 9.59 Å². The standard InChI is InChI=1S/C7H11NO3.Na/c1-4-6(9)8(3)5(2)7(10)11;/h4-5H,1H2,2-3H3,(H,10,11);/q;+1/p-1/t5-;/m0./s1. The number of likely N-dealkylation sites (N-methyl/N-ethyl adjacent to an activating group) is 1. The first kappa shape index (κ1) is 14.2. The second-order valence-electron chi connectivity index (χ2n) is 2.15. The molecule has 0 radical (unpaired) electrons. The fourth-order valence-electron chi connectivity index (χ4n) is 0.493. The average Bonchev–Trinajstić information content (AvgIpc) is 2.00. The summed E-state index contributed by atoms with van der Waals surface area (Å²) in [5.41, 5.74) is 0. The van der Waals surface area contributed by atoms with Gasteiger partial charge in [-0.15, -0.1) is 0 Å². The van der Waals surface area contributed by atoms with Crippen LogP contribution in [0.5, 0.6) is 0 Å². The molecule has 0 fully saturated rings. The zero-order valence-corrected chi connectivity index (χ0v) is 9.53. The van der Waals surface area contributed by atoms with Crippen molar-refractivity contribution in [3.8, 4) is 0 Å². The molecule has 0 aromatic carbocycles. The molecule has 0 N–H and O–H groups in total. The molecule has 0 rings (SSSR count). The van der Waals surface area contributed by atoms with Gasteiger partial charge >= 0.3 is 29.6 Å². The molecule has 4 nitrogen and oxygen atoms in total. The largest absolute Gasteiger partial charge is 1.00 e. The number of nitrogens with zero attached hydrogens (tertiary/aromatic N) is 1. The SMILES string of the molecule is C=CC(=O)N(C)[C@@H](C)C(=O)[O-].[Na+]. The molecule has 0 unspecified atom stereocenters. The maximum absolute atomic E-state index is 10.8. The van der Waals surface area contributed by atoms with E-state index >= 15 is 0 Å². The van der Waals surface area contributed by atoms with E-state index in [9.17, 15) is 14.7 Å². The number of hydrogen-bond acceptors (Lipinski definition) is 3. The Morgan fingerprint density at radius 3 is 2.25 bits per heavy atom. The van der Waals surface area contributed by atoms with Gasteiger partial charge in [0.1, 0.15) is 0 Å². The predicted molar refractivity (Wildman–Crippen MR) is 37.4 cm³/mol. The van der Waals surface area contributed by atoms with E-state index < -0.39 is 17.9 Å². The zero-order valence-electron chi connectivity index (χ0n) is 7.53. The Bertz CT molecular complexity index is 193. The van der Waals surface area contributed by atoms with E-state index in [-0.39, 0.29) is 29.6 Å². The minimum Gasteiger partial charge on any atom is -0.548 e. The van der Waals surface area contributed by atoms with Crippen LogP contribution >= 0.6 is 0 Å². The molecule has 0 saturated heterocycles. The molecular formula is C7H10NNaO3. The van der Waals surface area contributed by atoms with E-state index in [2.05, 4.69) is 6.58 Å². The number of amides is 1. The second kappa shape index (κ2) is 6.22. The van der Waals surface area contributed by atoms with Crippen LogP contribution in [0, 0.1) is 0 Å². The molecule has 0 aliphatic heterocycles. The number of carbonyl (C=O) groups is 2. The summed E-state index contributed by atoms with van der Waals surface area (Å²) >= 11 is 0. The van der Waals surface area contributed by atoms with Crippen molar-refractivity contribution in [3.63, 3.8) is 0 Å². The number of rotatable bonds is 3. The van der Waals surface area contributed by atoms with Crippen molar-refractivity contribution in [2.24, 2.45) is 0 Å². The molecule has 1 atom stereocenters. The summed E-state index contributed by atoms with van der Waals surface area (Å²) in [7, 11) is 1.38. The Hall–Kier alpha value is -0.320. The molecule has 0 spiro atoms. The first-order chi connectivity index (χ1) is 5.00. The van der Waals surface area contributed by atoms with Crippen molar-refractivity contribution in [1.82, 2.24) is 4.90 Å². The van der Waals surface area contributed by atoms with E-state index in [4.69, 9.17) is 0 Å². The summed E-state index contributed by atoms with van der Waals surface area (Å²) < 4.78 is 0. The van der Waals surface area contributed by atoms with Crippen molar-refractivity contribution < 1.29 is 44.3 Å². The molecule has 0 bridgehead atoms. The monoisotopic (exact) mass is 179 g/mol. The molecular weight excluding hydrogens is 169 g/mol. The van der Waals surface area contributed by atoms with E-state index in [1.165, 1.54) is 14.0 Å². The van der Waals surface area contributed by atoms with Crippen LogP contribution in [0.2, 0.25) is 0 Å². The molecule has 62 valence electrons. The summed E-state index contributed by atoms with van der Waals surface area (Å²) in [6.07, 6.45) is 1.06. The summed E-state index contributed by atoms with van der Waals surface area (Å²) in [6, 6.07) is -0.916. The summed E-state index contributed by atoms with van der Waals surface area (Å²) in [5.74, 6) is -1.70. The van der Waals surface area contributed by atoms with Gasteiger partial charge in [0.25, 0.3) is 0 Å². The normalized spacial score (nSPS) is 10.8. The molecule has 0 aromatic heterocycles. The number of carbonyl (C=O) groups excluding carboxylic acids is 2. The molecule has 0 heterocycles. The van der Waals surface area contributed by atoms with E-state index in [1.54, 1.807) is 0 Å². The second-order valence-corrected chi connectivity index (χ2v) is 2.15. The van der Waals surface area contributed by atoms with Crippen LogP contribution < -0.4 is 34.7 Å². The number of hydrogen-bond donors (Lipinski definition) is 0. The molecule has 0 aliphatic carbocycles. The first-order valence-corrected chi connectivity index (χ1v) is 3.10. The van der Waals surface area contributed by atoms with Crippen LogP contribution in [0.3, 0.4) is 0 Å². The number of carboxylic acid groups (broad SMARTS) is 1. The van der Waals surface area contributed by atoms with Crippen molar-refractivity contribution in [2.45, 2.75) is 13.0 Å². The maximum atomic E-state index is 10.8. The van der Waals surface area contributed by atoms with Gasteiger partial charge in [-0.25, -0.2) is 0 Å². The Kier molecular flexibility index (Phi) is 7.37. The van der Waals surface area contributed by atoms with Crippen molar-refractivity contribution in [3.05, 3.63) is 12.7 Å². The third-order valence-corrected chi connectivity index (χ3v) is 1.44. The third kappa shape index (κ3) is 3.90. The topological polar surface area (TPSA) is 60.4 Å². The van der Waals surface area contributed by atoms with Crippen molar-refractivity contribution >= 4 is 11.9 Å². The van der Waals surface area contributed by atoms with Crippen LogP contribution in [0.4, 0.5) is 0 Å². The molecule has 0 aromatic rings. The Morgan fingerprint density at radius 2 is 2.00 bits per heavy atom. The van der Waals surface area contributed by atoms with Crippen molar-refractivity contribution in [2.75, 3.05) is 7.05 Å². The zero-order chi connectivity index (χ0) is 9.02. The van der Waals surface area contributed by atoms with E-state index in [0.29, 0.717) is 0 Å². The fraction of sp³-hybridized carbons (Fsp3) is 0.429. The summed E-state index contributed by atoms with van der Waals surface area (Å²) in [4.78, 5) is 22.0. The molecule has 0 aliphatic rings. The average molecular weight is 179 g/mol.